The molecule has 0 heterocycles. The number of hydrogen-bond donors (Lipinski definition) is 0. The van der Waals surface area contributed by atoms with E-state index < -0.39 is 0 Å². The second-order valence-corrected chi connectivity index (χ2v) is 3.78. The van der Waals surface area contributed by atoms with E-state index in [1.165, 1.54) is 12.2 Å². The molecule has 1 aliphatic carbocycles. The van der Waals surface area contributed by atoms with Crippen LogP contribution in [-0.4, -0.2) is 25.1 Å². The lowest BCUT2D eigenvalue weighted by atomic mass is 9.85. The van der Waals surface area contributed by atoms with Crippen molar-refractivity contribution >= 4 is 5.91 Å². The van der Waals surface area contributed by atoms with E-state index in [2.05, 4.69) is 19.1 Å². The first-order valence-corrected chi connectivity index (χ1v) is 5.17. The number of rotatable bonds is 3. The first kappa shape index (κ1) is 11.2. The summed E-state index contributed by atoms with van der Waals surface area (Å²) in [4.78, 5) is 16.7. The third-order valence-corrected chi connectivity index (χ3v) is 2.87. The number of carbonyl (C=O) groups excluding carboxylic acids is 1. The van der Waals surface area contributed by atoms with Gasteiger partial charge in [0.05, 0.1) is 7.11 Å². The normalized spacial score (nSPS) is 26.2. The zero-order valence-corrected chi connectivity index (χ0v) is 9.19. The molecule has 0 unspecified atom stereocenters. The summed E-state index contributed by atoms with van der Waals surface area (Å²) < 4.78 is 0. The molecule has 0 fully saturated rings. The smallest absolute Gasteiger partial charge is 0.249 e. The molecule has 3 heteroatoms. The molecule has 0 spiro atoms. The Morgan fingerprint density at radius 3 is 2.93 bits per heavy atom. The summed E-state index contributed by atoms with van der Waals surface area (Å²) in [6, 6.07) is 0. The summed E-state index contributed by atoms with van der Waals surface area (Å²) in [5.74, 6) is 0.758. The lowest BCUT2D eigenvalue weighted by Gasteiger charge is -2.26. The molecule has 0 saturated carbocycles. The molecule has 1 amide bonds. The first-order valence-electron chi connectivity index (χ1n) is 5.17. The van der Waals surface area contributed by atoms with Crippen LogP contribution in [0.3, 0.4) is 0 Å². The minimum atomic E-state index is 0.0929. The monoisotopic (exact) mass is 197 g/mol. The van der Waals surface area contributed by atoms with Crippen LogP contribution in [0, 0.1) is 11.8 Å². The molecule has 0 aromatic heterocycles. The number of allylic oxidation sites excluding steroid dienone is 2. The van der Waals surface area contributed by atoms with Gasteiger partial charge in [-0.1, -0.05) is 19.1 Å². The van der Waals surface area contributed by atoms with E-state index >= 15 is 0 Å². The lowest BCUT2D eigenvalue weighted by molar-refractivity contribution is -0.174. The molecule has 1 aliphatic rings. The van der Waals surface area contributed by atoms with Crippen molar-refractivity contribution in [2.24, 2.45) is 11.8 Å². The van der Waals surface area contributed by atoms with Gasteiger partial charge in [0.2, 0.25) is 5.91 Å². The summed E-state index contributed by atoms with van der Waals surface area (Å²) in [6.45, 7) is 2.15. The molecule has 1 rings (SSSR count). The molecule has 0 aromatic carbocycles. The van der Waals surface area contributed by atoms with E-state index in [9.17, 15) is 4.79 Å². The van der Waals surface area contributed by atoms with Crippen LogP contribution >= 0.6 is 0 Å². The Balaban J connectivity index is 2.54. The van der Waals surface area contributed by atoms with Gasteiger partial charge >= 0.3 is 0 Å². The van der Waals surface area contributed by atoms with Gasteiger partial charge in [-0.2, -0.15) is 0 Å². The zero-order chi connectivity index (χ0) is 10.6. The zero-order valence-electron chi connectivity index (χ0n) is 9.19. The number of amides is 1. The van der Waals surface area contributed by atoms with E-state index in [1.807, 2.05) is 0 Å². The molecular weight excluding hydrogens is 178 g/mol. The SMILES string of the molecule is CC[C@@H]1C=CC[C@@H](C(=O)N(C)OC)C1. The highest BCUT2D eigenvalue weighted by Crippen LogP contribution is 2.26. The fourth-order valence-electron chi connectivity index (χ4n) is 1.83. The Hall–Kier alpha value is -0.830. The molecule has 0 N–H and O–H groups in total. The Labute approximate surface area is 85.7 Å². The summed E-state index contributed by atoms with van der Waals surface area (Å²) in [5.41, 5.74) is 0. The third kappa shape index (κ3) is 2.58. The van der Waals surface area contributed by atoms with Gasteiger partial charge in [-0.3, -0.25) is 9.63 Å². The Morgan fingerprint density at radius 1 is 1.64 bits per heavy atom. The summed E-state index contributed by atoms with van der Waals surface area (Å²) in [6.07, 6.45) is 7.25. The minimum absolute atomic E-state index is 0.0929. The van der Waals surface area contributed by atoms with Crippen LogP contribution in [0.2, 0.25) is 0 Å². The van der Waals surface area contributed by atoms with Gasteiger partial charge in [0, 0.05) is 13.0 Å². The Kier molecular flexibility index (Phi) is 4.14. The van der Waals surface area contributed by atoms with Crippen LogP contribution in [0.1, 0.15) is 26.2 Å². The summed E-state index contributed by atoms with van der Waals surface area (Å²) in [5, 5.41) is 1.33. The largest absolute Gasteiger partial charge is 0.275 e. The number of nitrogens with zero attached hydrogens (tertiary/aromatic N) is 1. The van der Waals surface area contributed by atoms with Crippen LogP contribution < -0.4 is 0 Å². The molecule has 0 saturated heterocycles. The van der Waals surface area contributed by atoms with Crippen LogP contribution in [0.5, 0.6) is 0 Å². The molecule has 2 atom stereocenters. The van der Waals surface area contributed by atoms with E-state index in [-0.39, 0.29) is 11.8 Å². The standard InChI is InChI=1S/C11H19NO2/c1-4-9-6-5-7-10(8-9)11(13)12(2)14-3/h5-6,9-10H,4,7-8H2,1-3H3/t9-,10-/m1/s1. The van der Waals surface area contributed by atoms with Crippen molar-refractivity contribution in [3.05, 3.63) is 12.2 Å². The van der Waals surface area contributed by atoms with Crippen molar-refractivity contribution in [1.29, 1.82) is 0 Å². The van der Waals surface area contributed by atoms with Gasteiger partial charge in [-0.25, -0.2) is 5.06 Å². The van der Waals surface area contributed by atoms with Crippen molar-refractivity contribution < 1.29 is 9.63 Å². The van der Waals surface area contributed by atoms with E-state index in [4.69, 9.17) is 4.84 Å². The van der Waals surface area contributed by atoms with Crippen molar-refractivity contribution in [3.8, 4) is 0 Å². The maximum absolute atomic E-state index is 11.8. The van der Waals surface area contributed by atoms with Gasteiger partial charge in [0.1, 0.15) is 0 Å². The lowest BCUT2D eigenvalue weighted by Crippen LogP contribution is -2.33. The van der Waals surface area contributed by atoms with Gasteiger partial charge in [-0.05, 0) is 25.2 Å². The van der Waals surface area contributed by atoms with Crippen molar-refractivity contribution in [2.45, 2.75) is 26.2 Å². The Morgan fingerprint density at radius 2 is 2.36 bits per heavy atom. The molecule has 0 radical (unpaired) electrons. The molecular formula is C11H19NO2. The highest BCUT2D eigenvalue weighted by Gasteiger charge is 2.25. The second kappa shape index (κ2) is 5.15. The third-order valence-electron chi connectivity index (χ3n) is 2.87. The highest BCUT2D eigenvalue weighted by molar-refractivity contribution is 5.77. The number of hydrogen-bond acceptors (Lipinski definition) is 2. The fourth-order valence-corrected chi connectivity index (χ4v) is 1.83. The maximum atomic E-state index is 11.8. The molecule has 0 bridgehead atoms. The quantitative estimate of drug-likeness (QED) is 0.511. The molecule has 0 aliphatic heterocycles. The van der Waals surface area contributed by atoms with Gasteiger partial charge in [0.25, 0.3) is 0 Å². The summed E-state index contributed by atoms with van der Waals surface area (Å²) in [7, 11) is 3.19. The number of hydroxylamine groups is 2. The van der Waals surface area contributed by atoms with Gasteiger partial charge in [-0.15, -0.1) is 0 Å². The average molecular weight is 197 g/mol. The van der Waals surface area contributed by atoms with Gasteiger partial charge in [0.15, 0.2) is 0 Å². The predicted octanol–water partition coefficient (Wildman–Crippen LogP) is 2.00. The van der Waals surface area contributed by atoms with Gasteiger partial charge < -0.3 is 0 Å². The molecule has 3 nitrogen and oxygen atoms in total. The van der Waals surface area contributed by atoms with Crippen LogP contribution in [0.4, 0.5) is 0 Å². The maximum Gasteiger partial charge on any atom is 0.249 e. The predicted molar refractivity (Wildman–Crippen MR) is 55.4 cm³/mol. The first-order chi connectivity index (χ1) is 6.69. The average Bonchev–Trinajstić information content (AvgIpc) is 2.27. The van der Waals surface area contributed by atoms with Crippen molar-refractivity contribution in [2.75, 3.05) is 14.2 Å². The number of carbonyl (C=O) groups is 1. The topological polar surface area (TPSA) is 29.5 Å². The summed E-state index contributed by atoms with van der Waals surface area (Å²) >= 11 is 0. The second-order valence-electron chi connectivity index (χ2n) is 3.78. The van der Waals surface area contributed by atoms with Crippen LogP contribution in [-0.2, 0) is 9.63 Å². The molecule has 0 aromatic rings. The van der Waals surface area contributed by atoms with Crippen molar-refractivity contribution in [1.82, 2.24) is 5.06 Å². The van der Waals surface area contributed by atoms with E-state index in [0.29, 0.717) is 5.92 Å². The Bertz CT molecular complexity index is 225. The minimum Gasteiger partial charge on any atom is -0.275 e. The molecule has 14 heavy (non-hydrogen) atoms. The van der Waals surface area contributed by atoms with E-state index in [0.717, 1.165) is 19.3 Å². The molecule has 80 valence electrons. The highest BCUT2D eigenvalue weighted by atomic mass is 16.7. The van der Waals surface area contributed by atoms with Crippen molar-refractivity contribution in [3.63, 3.8) is 0 Å². The fraction of sp³-hybridized carbons (Fsp3) is 0.727. The van der Waals surface area contributed by atoms with Crippen LogP contribution in [0.25, 0.3) is 0 Å². The van der Waals surface area contributed by atoms with Crippen LogP contribution in [0.15, 0.2) is 12.2 Å². The van der Waals surface area contributed by atoms with E-state index in [1.54, 1.807) is 7.05 Å².